The first-order valence-corrected chi connectivity index (χ1v) is 27.2. The summed E-state index contributed by atoms with van der Waals surface area (Å²) in [5.74, 6) is -0.860. The number of hydrogen-bond donors (Lipinski definition) is 0. The smallest absolute Gasteiger partial charge is 0.306 e. The molecule has 0 N–H and O–H groups in total. The number of ether oxygens (including phenoxy) is 3. The van der Waals surface area contributed by atoms with Crippen LogP contribution in [0.3, 0.4) is 0 Å². The summed E-state index contributed by atoms with van der Waals surface area (Å²) in [5.41, 5.74) is 0. The molecule has 0 aromatic heterocycles. The van der Waals surface area contributed by atoms with Gasteiger partial charge >= 0.3 is 17.9 Å². The van der Waals surface area contributed by atoms with Crippen LogP contribution in [0.15, 0.2) is 12.2 Å². The monoisotopic (exact) mass is 861 g/mol. The number of carbonyl (C=O) groups is 3. The minimum absolute atomic E-state index is 0.0666. The zero-order valence-electron chi connectivity index (χ0n) is 41.2. The average molecular weight is 861 g/mol. The predicted molar refractivity (Wildman–Crippen MR) is 261 cm³/mol. The van der Waals surface area contributed by atoms with Gasteiger partial charge in [0.2, 0.25) is 0 Å². The average Bonchev–Trinajstić information content (AvgIpc) is 3.26. The molecule has 61 heavy (non-hydrogen) atoms. The fourth-order valence-corrected chi connectivity index (χ4v) is 8.14. The fourth-order valence-electron chi connectivity index (χ4n) is 8.14. The normalized spacial score (nSPS) is 12.0. The molecule has 6 nitrogen and oxygen atoms in total. The van der Waals surface area contributed by atoms with Crippen molar-refractivity contribution in [3.8, 4) is 0 Å². The highest BCUT2D eigenvalue weighted by Gasteiger charge is 2.19. The van der Waals surface area contributed by atoms with E-state index in [2.05, 4.69) is 32.9 Å². The van der Waals surface area contributed by atoms with Gasteiger partial charge in [-0.25, -0.2) is 0 Å². The number of allylic oxidation sites excluding steroid dienone is 2. The second-order valence-corrected chi connectivity index (χ2v) is 18.5. The first-order chi connectivity index (χ1) is 30.0. The van der Waals surface area contributed by atoms with E-state index in [4.69, 9.17) is 14.2 Å². The molecule has 0 aliphatic heterocycles. The quantitative estimate of drug-likeness (QED) is 0.0262. The molecule has 0 aliphatic rings. The van der Waals surface area contributed by atoms with Crippen molar-refractivity contribution >= 4 is 17.9 Å². The van der Waals surface area contributed by atoms with Gasteiger partial charge in [0.05, 0.1) is 0 Å². The Labute approximate surface area is 380 Å². The Bertz CT molecular complexity index is 947. The van der Waals surface area contributed by atoms with Crippen molar-refractivity contribution in [1.29, 1.82) is 0 Å². The van der Waals surface area contributed by atoms with Crippen LogP contribution in [-0.4, -0.2) is 37.2 Å². The van der Waals surface area contributed by atoms with Gasteiger partial charge in [0.15, 0.2) is 6.10 Å². The van der Waals surface area contributed by atoms with Crippen LogP contribution in [0.25, 0.3) is 0 Å². The van der Waals surface area contributed by atoms with E-state index in [9.17, 15) is 14.4 Å². The van der Waals surface area contributed by atoms with Crippen LogP contribution in [0.5, 0.6) is 0 Å². The third-order valence-electron chi connectivity index (χ3n) is 12.3. The molecule has 0 saturated carbocycles. The van der Waals surface area contributed by atoms with E-state index < -0.39 is 6.10 Å². The summed E-state index contributed by atoms with van der Waals surface area (Å²) in [6.07, 6.45) is 56.6. The molecule has 0 rings (SSSR count). The summed E-state index contributed by atoms with van der Waals surface area (Å²) < 4.78 is 16.7. The number of carbonyl (C=O) groups excluding carboxylic acids is 3. The molecule has 360 valence electrons. The minimum Gasteiger partial charge on any atom is -0.462 e. The SMILES string of the molecule is CCCCCCCCCC/C=C\CCCCCCCCCCCC(=O)OCC(COC(=O)CCCCCCCC)OC(=O)CCCCCCCCCCCCCCCCCC. The summed E-state index contributed by atoms with van der Waals surface area (Å²) in [7, 11) is 0. The number of hydrogen-bond acceptors (Lipinski definition) is 6. The van der Waals surface area contributed by atoms with Crippen LogP contribution in [0.2, 0.25) is 0 Å². The first kappa shape index (κ1) is 59.1. The molecule has 0 aromatic rings. The lowest BCUT2D eigenvalue weighted by molar-refractivity contribution is -0.167. The highest BCUT2D eigenvalue weighted by atomic mass is 16.6. The first-order valence-electron chi connectivity index (χ1n) is 27.2. The second-order valence-electron chi connectivity index (χ2n) is 18.5. The Morgan fingerprint density at radius 2 is 0.541 bits per heavy atom. The highest BCUT2D eigenvalue weighted by Crippen LogP contribution is 2.16. The van der Waals surface area contributed by atoms with Gasteiger partial charge in [-0.2, -0.15) is 0 Å². The van der Waals surface area contributed by atoms with Crippen molar-refractivity contribution in [3.63, 3.8) is 0 Å². The Morgan fingerprint density at radius 3 is 0.820 bits per heavy atom. The largest absolute Gasteiger partial charge is 0.462 e. The minimum atomic E-state index is -0.762. The van der Waals surface area contributed by atoms with Crippen molar-refractivity contribution in [2.45, 2.75) is 309 Å². The Hall–Kier alpha value is -1.85. The van der Waals surface area contributed by atoms with Gasteiger partial charge in [-0.3, -0.25) is 14.4 Å². The maximum Gasteiger partial charge on any atom is 0.306 e. The van der Waals surface area contributed by atoms with E-state index in [0.29, 0.717) is 19.3 Å². The topological polar surface area (TPSA) is 78.9 Å². The van der Waals surface area contributed by atoms with Gasteiger partial charge < -0.3 is 14.2 Å². The standard InChI is InChI=1S/C55H104O6/c1-4-7-10-13-16-18-20-22-24-26-27-28-29-30-32-33-35-37-39-42-45-48-54(57)60-51-52(50-59-53(56)47-44-41-15-12-9-6-3)61-55(58)49-46-43-40-38-36-34-31-25-23-21-19-17-14-11-8-5-2/h26-27,52H,4-25,28-51H2,1-3H3/b27-26-. The maximum absolute atomic E-state index is 12.8. The van der Waals surface area contributed by atoms with E-state index >= 15 is 0 Å². The summed E-state index contributed by atoms with van der Waals surface area (Å²) >= 11 is 0. The zero-order chi connectivity index (χ0) is 44.4. The van der Waals surface area contributed by atoms with Crippen LogP contribution < -0.4 is 0 Å². The third kappa shape index (κ3) is 49.0. The van der Waals surface area contributed by atoms with Crippen molar-refractivity contribution in [3.05, 3.63) is 12.2 Å². The van der Waals surface area contributed by atoms with Crippen molar-refractivity contribution < 1.29 is 28.6 Å². The van der Waals surface area contributed by atoms with Gasteiger partial charge in [0, 0.05) is 19.3 Å². The van der Waals surface area contributed by atoms with E-state index in [1.165, 1.54) is 205 Å². The summed E-state index contributed by atoms with van der Waals surface area (Å²) in [4.78, 5) is 37.8. The Morgan fingerprint density at radius 1 is 0.311 bits per heavy atom. The zero-order valence-corrected chi connectivity index (χ0v) is 41.2. The van der Waals surface area contributed by atoms with E-state index in [-0.39, 0.29) is 31.1 Å². The van der Waals surface area contributed by atoms with Crippen LogP contribution in [0, 0.1) is 0 Å². The molecule has 0 saturated heterocycles. The molecule has 0 heterocycles. The number of esters is 3. The molecule has 0 aromatic carbocycles. The van der Waals surface area contributed by atoms with Gasteiger partial charge in [-0.1, -0.05) is 251 Å². The molecule has 0 fully saturated rings. The maximum atomic E-state index is 12.8. The molecule has 0 amide bonds. The molecule has 0 radical (unpaired) electrons. The third-order valence-corrected chi connectivity index (χ3v) is 12.3. The van der Waals surface area contributed by atoms with Gasteiger partial charge in [-0.15, -0.1) is 0 Å². The van der Waals surface area contributed by atoms with Crippen LogP contribution >= 0.6 is 0 Å². The lowest BCUT2D eigenvalue weighted by Crippen LogP contribution is -2.30. The molecule has 1 atom stereocenters. The number of unbranched alkanes of at least 4 members (excludes halogenated alkanes) is 37. The van der Waals surface area contributed by atoms with Gasteiger partial charge in [0.25, 0.3) is 0 Å². The van der Waals surface area contributed by atoms with Crippen molar-refractivity contribution in [1.82, 2.24) is 0 Å². The van der Waals surface area contributed by atoms with Gasteiger partial charge in [0.1, 0.15) is 13.2 Å². The van der Waals surface area contributed by atoms with Crippen molar-refractivity contribution in [2.24, 2.45) is 0 Å². The highest BCUT2D eigenvalue weighted by molar-refractivity contribution is 5.71. The summed E-state index contributed by atoms with van der Waals surface area (Å²) in [5, 5.41) is 0. The summed E-state index contributed by atoms with van der Waals surface area (Å²) in [6, 6.07) is 0. The molecule has 0 spiro atoms. The Kier molecular flexibility index (Phi) is 49.3. The van der Waals surface area contributed by atoms with Crippen LogP contribution in [0.1, 0.15) is 303 Å². The molecular weight excluding hydrogens is 757 g/mol. The summed E-state index contributed by atoms with van der Waals surface area (Å²) in [6.45, 7) is 6.62. The van der Waals surface area contributed by atoms with Crippen molar-refractivity contribution in [2.75, 3.05) is 13.2 Å². The number of rotatable bonds is 50. The van der Waals surface area contributed by atoms with Crippen LogP contribution in [0.4, 0.5) is 0 Å². The molecule has 0 bridgehead atoms. The molecule has 6 heteroatoms. The van der Waals surface area contributed by atoms with E-state index in [1.807, 2.05) is 0 Å². The molecule has 1 unspecified atom stereocenters. The van der Waals surface area contributed by atoms with E-state index in [1.54, 1.807) is 0 Å². The lowest BCUT2D eigenvalue weighted by Gasteiger charge is -2.18. The molecule has 0 aliphatic carbocycles. The lowest BCUT2D eigenvalue weighted by atomic mass is 10.0. The predicted octanol–water partition coefficient (Wildman–Crippen LogP) is 17.8. The van der Waals surface area contributed by atoms with Gasteiger partial charge in [-0.05, 0) is 44.9 Å². The van der Waals surface area contributed by atoms with E-state index in [0.717, 1.165) is 57.8 Å². The molecular formula is C55H104O6. The second kappa shape index (κ2) is 50.8. The Balaban J connectivity index is 4.12. The van der Waals surface area contributed by atoms with Crippen LogP contribution in [-0.2, 0) is 28.6 Å². The fraction of sp³-hybridized carbons (Fsp3) is 0.909.